The summed E-state index contributed by atoms with van der Waals surface area (Å²) in [6.45, 7) is 3.11. The van der Waals surface area contributed by atoms with Gasteiger partial charge >= 0.3 is 11.9 Å². The largest absolute Gasteiger partial charge is 0.495 e. The second-order valence-corrected chi connectivity index (χ2v) is 9.70. The normalized spacial score (nSPS) is 15.3. The molecule has 4 heterocycles. The van der Waals surface area contributed by atoms with Gasteiger partial charge < -0.3 is 24.7 Å². The molecule has 2 N–H and O–H groups in total. The fraction of sp³-hybridized carbons (Fsp3) is 0.241. The van der Waals surface area contributed by atoms with Gasteiger partial charge in [-0.25, -0.2) is 19.2 Å². The molecule has 1 atom stereocenters. The minimum absolute atomic E-state index is 0.0365. The van der Waals surface area contributed by atoms with Crippen molar-refractivity contribution >= 4 is 23.5 Å². The van der Waals surface area contributed by atoms with E-state index in [1.165, 1.54) is 12.1 Å². The zero-order valence-corrected chi connectivity index (χ0v) is 22.1. The van der Waals surface area contributed by atoms with Gasteiger partial charge in [0.2, 0.25) is 5.95 Å². The predicted molar refractivity (Wildman–Crippen MR) is 149 cm³/mol. The van der Waals surface area contributed by atoms with Gasteiger partial charge in [-0.1, -0.05) is 6.07 Å². The first-order valence-corrected chi connectivity index (χ1v) is 13.0. The molecule has 1 aliphatic rings. The summed E-state index contributed by atoms with van der Waals surface area (Å²) in [6, 6.07) is 13.4. The Balaban J connectivity index is 1.21. The summed E-state index contributed by atoms with van der Waals surface area (Å²) in [4.78, 5) is 28.7. The Hall–Kier alpha value is -4.93. The molecule has 2 amide bonds. The minimum Gasteiger partial charge on any atom is -0.495 e. The number of rotatable bonds is 6. The number of urea groups is 1. The first-order valence-electron chi connectivity index (χ1n) is 13.0. The number of methoxy groups -OCH3 is 1. The maximum absolute atomic E-state index is 13.6. The number of amides is 2. The number of carbonyl (C=O) groups excluding carboxylic acids is 1. The van der Waals surface area contributed by atoms with Crippen LogP contribution in [0.1, 0.15) is 18.4 Å². The van der Waals surface area contributed by atoms with E-state index >= 15 is 0 Å². The van der Waals surface area contributed by atoms with Crippen molar-refractivity contribution in [3.63, 3.8) is 0 Å². The molecule has 2 aromatic carbocycles. The summed E-state index contributed by atoms with van der Waals surface area (Å²) in [7, 11) is 1.59. The van der Waals surface area contributed by atoms with Crippen molar-refractivity contribution in [1.82, 2.24) is 24.3 Å². The first kappa shape index (κ1) is 25.4. The van der Waals surface area contributed by atoms with Crippen LogP contribution < -0.4 is 15.4 Å². The summed E-state index contributed by atoms with van der Waals surface area (Å²) in [5, 5.41) is 6.37. The van der Waals surface area contributed by atoms with E-state index in [2.05, 4.69) is 20.6 Å². The van der Waals surface area contributed by atoms with Crippen molar-refractivity contribution in [1.29, 1.82) is 0 Å². The second kappa shape index (κ2) is 10.7. The number of aryl methyl sites for hydroxylation is 1. The van der Waals surface area contributed by atoms with Gasteiger partial charge in [0.25, 0.3) is 0 Å². The second-order valence-electron chi connectivity index (χ2n) is 9.70. The molecule has 0 saturated carbocycles. The number of hydrogen-bond acceptors (Lipinski definition) is 7. The van der Waals surface area contributed by atoms with Crippen LogP contribution in [0.15, 0.2) is 71.6 Å². The number of hydrogen-bond donors (Lipinski definition) is 2. The molecule has 11 heteroatoms. The van der Waals surface area contributed by atoms with Crippen LogP contribution in [-0.4, -0.2) is 56.5 Å². The fourth-order valence-electron chi connectivity index (χ4n) is 4.96. The molecule has 0 spiro atoms. The smallest absolute Gasteiger partial charge is 0.322 e. The van der Waals surface area contributed by atoms with Crippen LogP contribution in [0.3, 0.4) is 0 Å². The number of likely N-dealkylation sites (tertiary alicyclic amines) is 1. The Bertz CT molecular complexity index is 1660. The Morgan fingerprint density at radius 1 is 1.15 bits per heavy atom. The van der Waals surface area contributed by atoms with Crippen LogP contribution in [0.5, 0.6) is 5.75 Å². The Labute approximate surface area is 229 Å². The standard InChI is InChI=1S/C29H28FN7O3/c1-18-5-10-22(24(16-18)39-2)34-28(38)36-13-3-4-21(17-36)32-27-31-12-11-23(33-27)26-25(19-6-8-20(30)9-7-19)35-29-37(26)14-15-40-29/h5-12,14-16,21H,3-4,13,17H2,1-2H3,(H,34,38)(H,31,32,33)/t21-/m1/s1. The van der Waals surface area contributed by atoms with Crippen LogP contribution in [0, 0.1) is 12.7 Å². The summed E-state index contributed by atoms with van der Waals surface area (Å²) >= 11 is 0. The van der Waals surface area contributed by atoms with Crippen molar-refractivity contribution in [3.05, 3.63) is 78.6 Å². The van der Waals surface area contributed by atoms with E-state index in [0.29, 0.717) is 53.4 Å². The number of oxazole rings is 1. The number of fused-ring (bicyclic) bond motifs is 1. The van der Waals surface area contributed by atoms with Crippen molar-refractivity contribution in [2.75, 3.05) is 30.8 Å². The molecule has 0 unspecified atom stereocenters. The van der Waals surface area contributed by atoms with Crippen molar-refractivity contribution in [2.24, 2.45) is 0 Å². The molecule has 1 aliphatic heterocycles. The lowest BCUT2D eigenvalue weighted by Gasteiger charge is -2.33. The first-order chi connectivity index (χ1) is 19.5. The van der Waals surface area contributed by atoms with Crippen molar-refractivity contribution in [2.45, 2.75) is 25.8 Å². The number of halogens is 1. The van der Waals surface area contributed by atoms with Gasteiger partial charge in [0.15, 0.2) is 0 Å². The van der Waals surface area contributed by atoms with Crippen molar-refractivity contribution in [3.8, 4) is 28.4 Å². The predicted octanol–water partition coefficient (Wildman–Crippen LogP) is 5.62. The summed E-state index contributed by atoms with van der Waals surface area (Å²) < 4.78 is 26.3. The van der Waals surface area contributed by atoms with Gasteiger partial charge in [-0.2, -0.15) is 4.98 Å². The number of nitrogens with one attached hydrogen (secondary N) is 2. The van der Waals surface area contributed by atoms with Crippen LogP contribution in [0.25, 0.3) is 28.5 Å². The van der Waals surface area contributed by atoms with Crippen LogP contribution >= 0.6 is 0 Å². The highest BCUT2D eigenvalue weighted by atomic mass is 19.1. The molecule has 6 rings (SSSR count). The maximum Gasteiger partial charge on any atom is 0.322 e. The third-order valence-electron chi connectivity index (χ3n) is 6.92. The highest BCUT2D eigenvalue weighted by Crippen LogP contribution is 2.33. The molecule has 0 aliphatic carbocycles. The lowest BCUT2D eigenvalue weighted by atomic mass is 10.1. The fourth-order valence-corrected chi connectivity index (χ4v) is 4.96. The van der Waals surface area contributed by atoms with E-state index in [-0.39, 0.29) is 17.9 Å². The number of aromatic nitrogens is 4. The third kappa shape index (κ3) is 5.05. The lowest BCUT2D eigenvalue weighted by Crippen LogP contribution is -2.47. The minimum atomic E-state index is -0.324. The zero-order chi connectivity index (χ0) is 27.6. The molecule has 3 aromatic heterocycles. The maximum atomic E-state index is 13.6. The average Bonchev–Trinajstić information content (AvgIpc) is 3.56. The third-order valence-corrected chi connectivity index (χ3v) is 6.92. The number of anilines is 2. The van der Waals surface area contributed by atoms with E-state index in [1.54, 1.807) is 53.3 Å². The number of imidazole rings is 1. The van der Waals surface area contributed by atoms with Gasteiger partial charge in [0.05, 0.1) is 18.5 Å². The van der Waals surface area contributed by atoms with E-state index in [4.69, 9.17) is 14.1 Å². The molecule has 204 valence electrons. The molecular weight excluding hydrogens is 513 g/mol. The lowest BCUT2D eigenvalue weighted by molar-refractivity contribution is 0.195. The zero-order valence-electron chi connectivity index (χ0n) is 22.1. The summed E-state index contributed by atoms with van der Waals surface area (Å²) in [6.07, 6.45) is 6.69. The highest BCUT2D eigenvalue weighted by Gasteiger charge is 2.26. The monoisotopic (exact) mass is 541 g/mol. The van der Waals surface area contributed by atoms with Crippen LogP contribution in [0.4, 0.5) is 20.8 Å². The molecule has 5 aromatic rings. The SMILES string of the molecule is COc1cc(C)ccc1NC(=O)N1CCC[C@@H](Nc2nccc(-c3c(-c4ccc(F)cc4)nc4occn34)n2)C1. The summed E-state index contributed by atoms with van der Waals surface area (Å²) in [5.74, 6) is 1.14. The van der Waals surface area contributed by atoms with Gasteiger partial charge in [-0.15, -0.1) is 0 Å². The highest BCUT2D eigenvalue weighted by molar-refractivity contribution is 5.91. The molecule has 10 nitrogen and oxygen atoms in total. The van der Waals surface area contributed by atoms with E-state index in [9.17, 15) is 9.18 Å². The van der Waals surface area contributed by atoms with E-state index in [0.717, 1.165) is 24.0 Å². The average molecular weight is 542 g/mol. The molecule has 0 radical (unpaired) electrons. The number of benzene rings is 2. The molecule has 40 heavy (non-hydrogen) atoms. The Morgan fingerprint density at radius 2 is 2.00 bits per heavy atom. The van der Waals surface area contributed by atoms with Gasteiger partial charge in [-0.05, 0) is 67.8 Å². The molecule has 1 saturated heterocycles. The van der Waals surface area contributed by atoms with E-state index in [1.807, 2.05) is 25.1 Å². The quantitative estimate of drug-likeness (QED) is 0.287. The number of piperidine rings is 1. The number of carbonyl (C=O) groups is 1. The number of ether oxygens (including phenoxy) is 1. The van der Waals surface area contributed by atoms with Gasteiger partial charge in [0.1, 0.15) is 29.2 Å². The van der Waals surface area contributed by atoms with Crippen LogP contribution in [0.2, 0.25) is 0 Å². The molecular formula is C29H28FN7O3. The van der Waals surface area contributed by atoms with Crippen LogP contribution in [-0.2, 0) is 0 Å². The van der Waals surface area contributed by atoms with Crippen molar-refractivity contribution < 1.29 is 18.3 Å². The molecule has 1 fully saturated rings. The number of nitrogens with zero attached hydrogens (tertiary/aromatic N) is 5. The Kier molecular flexibility index (Phi) is 6.77. The Morgan fingerprint density at radius 3 is 2.83 bits per heavy atom. The topological polar surface area (TPSA) is 110 Å². The summed E-state index contributed by atoms with van der Waals surface area (Å²) in [5.41, 5.74) is 4.37. The van der Waals surface area contributed by atoms with Gasteiger partial charge in [0, 0.05) is 37.1 Å². The van der Waals surface area contributed by atoms with E-state index < -0.39 is 0 Å². The van der Waals surface area contributed by atoms with Gasteiger partial charge in [-0.3, -0.25) is 4.40 Å². The molecule has 0 bridgehead atoms.